The molecule has 3 aromatic rings. The van der Waals surface area contributed by atoms with Crippen LogP contribution in [0.25, 0.3) is 10.9 Å². The lowest BCUT2D eigenvalue weighted by atomic mass is 10.1. The van der Waals surface area contributed by atoms with Crippen molar-refractivity contribution in [3.8, 4) is 0 Å². The first-order chi connectivity index (χ1) is 10.0. The number of nitrogens with two attached hydrogens (primary N) is 1. The Morgan fingerprint density at radius 1 is 1.10 bits per heavy atom. The first-order valence-corrected chi connectivity index (χ1v) is 7.53. The summed E-state index contributed by atoms with van der Waals surface area (Å²) in [5, 5.41) is 2.44. The second kappa shape index (κ2) is 5.68. The molecule has 2 aromatic carbocycles. The summed E-state index contributed by atoms with van der Waals surface area (Å²) in [6, 6.07) is 13.5. The van der Waals surface area contributed by atoms with E-state index in [9.17, 15) is 0 Å². The molecule has 21 heavy (non-hydrogen) atoms. The smallest absolute Gasteiger partial charge is 0.104 e. The van der Waals surface area contributed by atoms with Gasteiger partial charge in [-0.1, -0.05) is 53.6 Å². The molecule has 0 amide bonds. The highest BCUT2D eigenvalue weighted by molar-refractivity contribution is 7.80. The molecule has 0 atom stereocenters. The standard InChI is InChI=1S/C16H12Cl2N2S/c17-13-4-3-12(14(18)8-13)9-20-6-5-10-1-2-11(16(19)21)7-15(10)20/h1-8H,9H2,(H2,19,21). The molecule has 0 spiro atoms. The van der Waals surface area contributed by atoms with Crippen molar-refractivity contribution in [3.63, 3.8) is 0 Å². The first-order valence-electron chi connectivity index (χ1n) is 6.37. The molecule has 2 N–H and O–H groups in total. The predicted molar refractivity (Wildman–Crippen MR) is 93.4 cm³/mol. The van der Waals surface area contributed by atoms with Crippen LogP contribution in [-0.2, 0) is 6.54 Å². The quantitative estimate of drug-likeness (QED) is 0.708. The van der Waals surface area contributed by atoms with Gasteiger partial charge in [-0.25, -0.2) is 0 Å². The lowest BCUT2D eigenvalue weighted by Gasteiger charge is -2.09. The van der Waals surface area contributed by atoms with E-state index in [-0.39, 0.29) is 0 Å². The van der Waals surface area contributed by atoms with Crippen LogP contribution >= 0.6 is 35.4 Å². The van der Waals surface area contributed by atoms with Crippen LogP contribution in [0.5, 0.6) is 0 Å². The van der Waals surface area contributed by atoms with Crippen molar-refractivity contribution in [3.05, 3.63) is 69.8 Å². The zero-order valence-corrected chi connectivity index (χ0v) is 13.3. The van der Waals surface area contributed by atoms with Gasteiger partial charge in [0.15, 0.2) is 0 Å². The van der Waals surface area contributed by atoms with E-state index in [2.05, 4.69) is 10.6 Å². The fourth-order valence-electron chi connectivity index (χ4n) is 2.31. The molecule has 0 radical (unpaired) electrons. The Morgan fingerprint density at radius 3 is 2.62 bits per heavy atom. The molecular weight excluding hydrogens is 323 g/mol. The molecule has 5 heteroatoms. The number of hydrogen-bond acceptors (Lipinski definition) is 1. The topological polar surface area (TPSA) is 30.9 Å². The molecule has 0 aliphatic rings. The number of halogens is 2. The maximum Gasteiger partial charge on any atom is 0.104 e. The lowest BCUT2D eigenvalue weighted by Crippen LogP contribution is -2.09. The van der Waals surface area contributed by atoms with Gasteiger partial charge in [0.05, 0.1) is 0 Å². The van der Waals surface area contributed by atoms with Gasteiger partial charge in [0.2, 0.25) is 0 Å². The Labute approximate surface area is 138 Å². The minimum absolute atomic E-state index is 0.397. The Bertz CT molecular complexity index is 839. The van der Waals surface area contributed by atoms with Gasteiger partial charge in [0.1, 0.15) is 4.99 Å². The summed E-state index contributed by atoms with van der Waals surface area (Å²) in [5.74, 6) is 0. The molecule has 106 valence electrons. The van der Waals surface area contributed by atoms with Crippen molar-refractivity contribution in [2.24, 2.45) is 5.73 Å². The Hall–Kier alpha value is -1.55. The molecule has 0 unspecified atom stereocenters. The maximum atomic E-state index is 6.24. The third kappa shape index (κ3) is 2.91. The van der Waals surface area contributed by atoms with E-state index in [4.69, 9.17) is 41.2 Å². The summed E-state index contributed by atoms with van der Waals surface area (Å²) < 4.78 is 2.12. The van der Waals surface area contributed by atoms with Crippen molar-refractivity contribution >= 4 is 51.3 Å². The van der Waals surface area contributed by atoms with Crippen LogP contribution in [0, 0.1) is 0 Å². The molecule has 0 fully saturated rings. The van der Waals surface area contributed by atoms with Crippen LogP contribution in [0.1, 0.15) is 11.1 Å². The summed E-state index contributed by atoms with van der Waals surface area (Å²) in [6.45, 7) is 0.667. The molecule has 0 aliphatic carbocycles. The molecule has 1 aromatic heterocycles. The number of benzene rings is 2. The third-order valence-electron chi connectivity index (χ3n) is 3.41. The van der Waals surface area contributed by atoms with Gasteiger partial charge in [0, 0.05) is 33.9 Å². The molecule has 0 saturated carbocycles. The van der Waals surface area contributed by atoms with E-state index in [0.29, 0.717) is 21.6 Å². The number of hydrogen-bond donors (Lipinski definition) is 1. The first kappa shape index (κ1) is 14.4. The second-order valence-electron chi connectivity index (χ2n) is 4.82. The Balaban J connectivity index is 2.04. The van der Waals surface area contributed by atoms with E-state index in [1.807, 2.05) is 36.5 Å². The van der Waals surface area contributed by atoms with Gasteiger partial charge < -0.3 is 10.3 Å². The highest BCUT2D eigenvalue weighted by atomic mass is 35.5. The summed E-state index contributed by atoms with van der Waals surface area (Å²) in [7, 11) is 0. The highest BCUT2D eigenvalue weighted by Crippen LogP contribution is 2.24. The predicted octanol–water partition coefficient (Wildman–Crippen LogP) is 4.63. The fourth-order valence-corrected chi connectivity index (χ4v) is 2.90. The molecule has 3 rings (SSSR count). The normalized spacial score (nSPS) is 11.0. The zero-order valence-electron chi connectivity index (χ0n) is 11.0. The van der Waals surface area contributed by atoms with E-state index in [0.717, 1.165) is 22.0 Å². The van der Waals surface area contributed by atoms with Gasteiger partial charge >= 0.3 is 0 Å². The highest BCUT2D eigenvalue weighted by Gasteiger charge is 2.07. The van der Waals surface area contributed by atoms with Crippen LogP contribution in [0.2, 0.25) is 10.0 Å². The summed E-state index contributed by atoms with van der Waals surface area (Å²) in [6.07, 6.45) is 2.03. The number of fused-ring (bicyclic) bond motifs is 1. The number of nitrogens with zero attached hydrogens (tertiary/aromatic N) is 1. The minimum atomic E-state index is 0.397. The lowest BCUT2D eigenvalue weighted by molar-refractivity contribution is 0.837. The number of rotatable bonds is 3. The summed E-state index contributed by atoms with van der Waals surface area (Å²) in [4.78, 5) is 0.397. The Kier molecular flexibility index (Phi) is 3.89. The van der Waals surface area contributed by atoms with Crippen LogP contribution in [0.3, 0.4) is 0 Å². The number of aromatic nitrogens is 1. The molecule has 0 bridgehead atoms. The van der Waals surface area contributed by atoms with E-state index < -0.39 is 0 Å². The van der Waals surface area contributed by atoms with Crippen molar-refractivity contribution in [1.29, 1.82) is 0 Å². The van der Waals surface area contributed by atoms with E-state index >= 15 is 0 Å². The van der Waals surface area contributed by atoms with Crippen LogP contribution in [0.4, 0.5) is 0 Å². The molecule has 2 nitrogen and oxygen atoms in total. The van der Waals surface area contributed by atoms with Crippen molar-refractivity contribution in [2.75, 3.05) is 0 Å². The van der Waals surface area contributed by atoms with Gasteiger partial charge in [-0.2, -0.15) is 0 Å². The van der Waals surface area contributed by atoms with Crippen molar-refractivity contribution in [2.45, 2.75) is 6.54 Å². The average Bonchev–Trinajstić information content (AvgIpc) is 2.84. The molecule has 0 aliphatic heterocycles. The number of thiocarbonyl (C=S) groups is 1. The van der Waals surface area contributed by atoms with Gasteiger partial charge in [-0.05, 0) is 35.2 Å². The molecule has 1 heterocycles. The fraction of sp³-hybridized carbons (Fsp3) is 0.0625. The largest absolute Gasteiger partial charge is 0.389 e. The maximum absolute atomic E-state index is 6.24. The van der Waals surface area contributed by atoms with Crippen LogP contribution in [-0.4, -0.2) is 9.56 Å². The zero-order chi connectivity index (χ0) is 15.0. The minimum Gasteiger partial charge on any atom is -0.389 e. The van der Waals surface area contributed by atoms with Crippen LogP contribution < -0.4 is 5.73 Å². The Morgan fingerprint density at radius 2 is 1.90 bits per heavy atom. The third-order valence-corrected chi connectivity index (χ3v) is 4.24. The summed E-state index contributed by atoms with van der Waals surface area (Å²) in [5.41, 5.74) is 8.65. The molecular formula is C16H12Cl2N2S. The van der Waals surface area contributed by atoms with E-state index in [1.54, 1.807) is 6.07 Å². The van der Waals surface area contributed by atoms with Gasteiger partial charge in [-0.3, -0.25) is 0 Å². The summed E-state index contributed by atoms with van der Waals surface area (Å²) >= 11 is 17.2. The van der Waals surface area contributed by atoms with Crippen molar-refractivity contribution in [1.82, 2.24) is 4.57 Å². The van der Waals surface area contributed by atoms with Gasteiger partial charge in [0.25, 0.3) is 0 Å². The second-order valence-corrected chi connectivity index (χ2v) is 6.10. The average molecular weight is 335 g/mol. The van der Waals surface area contributed by atoms with Crippen molar-refractivity contribution < 1.29 is 0 Å². The van der Waals surface area contributed by atoms with Gasteiger partial charge in [-0.15, -0.1) is 0 Å². The van der Waals surface area contributed by atoms with Crippen LogP contribution in [0.15, 0.2) is 48.7 Å². The monoisotopic (exact) mass is 334 g/mol. The SMILES string of the molecule is NC(=S)c1ccc2ccn(Cc3ccc(Cl)cc3Cl)c2c1. The molecule has 0 saturated heterocycles. The van der Waals surface area contributed by atoms with E-state index in [1.165, 1.54) is 0 Å².